The van der Waals surface area contributed by atoms with Crippen LogP contribution in [0.1, 0.15) is 16.1 Å². The van der Waals surface area contributed by atoms with Crippen LogP contribution in [0.3, 0.4) is 0 Å². The van der Waals surface area contributed by atoms with Crippen molar-refractivity contribution in [2.75, 3.05) is 26.8 Å². The van der Waals surface area contributed by atoms with E-state index in [1.807, 2.05) is 6.07 Å². The van der Waals surface area contributed by atoms with Gasteiger partial charge in [0.2, 0.25) is 10.0 Å². The summed E-state index contributed by atoms with van der Waals surface area (Å²) in [4.78, 5) is 10.7. The molecular weight excluding hydrogens is 304 g/mol. The Morgan fingerprint density at radius 2 is 2.25 bits per heavy atom. The van der Waals surface area contributed by atoms with Crippen molar-refractivity contribution in [3.63, 3.8) is 0 Å². The smallest absolute Gasteiger partial charge is 0.345 e. The third-order valence-corrected chi connectivity index (χ3v) is 5.39. The SMILES string of the molecule is COCCN(CCC#N)S(=O)(=O)c1csc(C(=O)O)c1. The van der Waals surface area contributed by atoms with Crippen molar-refractivity contribution in [3.8, 4) is 6.07 Å². The lowest BCUT2D eigenvalue weighted by atomic mass is 10.4. The second kappa shape index (κ2) is 7.35. The lowest BCUT2D eigenvalue weighted by Crippen LogP contribution is -2.34. The van der Waals surface area contributed by atoms with Crippen molar-refractivity contribution >= 4 is 27.3 Å². The molecule has 0 radical (unpaired) electrons. The number of aromatic carboxylic acids is 1. The van der Waals surface area contributed by atoms with E-state index >= 15 is 0 Å². The minimum atomic E-state index is -3.81. The zero-order valence-corrected chi connectivity index (χ0v) is 12.4. The van der Waals surface area contributed by atoms with Crippen LogP contribution >= 0.6 is 11.3 Å². The van der Waals surface area contributed by atoms with Crippen LogP contribution in [0.4, 0.5) is 0 Å². The maximum absolute atomic E-state index is 12.4. The van der Waals surface area contributed by atoms with Gasteiger partial charge in [0.1, 0.15) is 4.88 Å². The van der Waals surface area contributed by atoms with Gasteiger partial charge in [0.05, 0.1) is 17.6 Å². The molecule has 0 fully saturated rings. The molecule has 1 rings (SSSR count). The molecule has 0 unspecified atom stereocenters. The number of rotatable bonds is 8. The molecule has 0 amide bonds. The van der Waals surface area contributed by atoms with Gasteiger partial charge in [0.15, 0.2) is 0 Å². The maximum atomic E-state index is 12.4. The molecular formula is C11H14N2O5S2. The monoisotopic (exact) mass is 318 g/mol. The van der Waals surface area contributed by atoms with Gasteiger partial charge in [-0.15, -0.1) is 11.3 Å². The minimum Gasteiger partial charge on any atom is -0.477 e. The molecule has 1 aromatic heterocycles. The van der Waals surface area contributed by atoms with E-state index in [0.717, 1.165) is 21.7 Å². The molecule has 1 aromatic rings. The topological polar surface area (TPSA) is 108 Å². The average molecular weight is 318 g/mol. The normalized spacial score (nSPS) is 11.4. The molecule has 9 heteroatoms. The quantitative estimate of drug-likeness (QED) is 0.766. The molecule has 0 aliphatic rings. The third kappa shape index (κ3) is 4.01. The Labute approximate surface area is 121 Å². The molecule has 0 saturated carbocycles. The number of nitriles is 1. The van der Waals surface area contributed by atoms with E-state index in [1.165, 1.54) is 12.5 Å². The molecule has 110 valence electrons. The Morgan fingerprint density at radius 1 is 1.55 bits per heavy atom. The molecule has 1 N–H and O–H groups in total. The second-order valence-corrected chi connectivity index (χ2v) is 6.61. The lowest BCUT2D eigenvalue weighted by molar-refractivity contribution is 0.0702. The largest absolute Gasteiger partial charge is 0.477 e. The summed E-state index contributed by atoms with van der Waals surface area (Å²) in [6.45, 7) is 0.347. The van der Waals surface area contributed by atoms with E-state index in [2.05, 4.69) is 0 Å². The van der Waals surface area contributed by atoms with E-state index in [-0.39, 0.29) is 35.9 Å². The number of thiophene rings is 1. The van der Waals surface area contributed by atoms with Crippen molar-refractivity contribution in [3.05, 3.63) is 16.3 Å². The van der Waals surface area contributed by atoms with E-state index < -0.39 is 16.0 Å². The molecule has 0 atom stereocenters. The molecule has 7 nitrogen and oxygen atoms in total. The summed E-state index contributed by atoms with van der Waals surface area (Å²) in [5, 5.41) is 18.7. The zero-order valence-electron chi connectivity index (χ0n) is 10.8. The van der Waals surface area contributed by atoms with E-state index in [1.54, 1.807) is 0 Å². The lowest BCUT2D eigenvalue weighted by Gasteiger charge is -2.19. The first-order valence-corrected chi connectivity index (χ1v) is 7.93. The second-order valence-electron chi connectivity index (χ2n) is 3.76. The van der Waals surface area contributed by atoms with Gasteiger partial charge < -0.3 is 9.84 Å². The number of carbonyl (C=O) groups is 1. The van der Waals surface area contributed by atoms with E-state index in [9.17, 15) is 13.2 Å². The fourth-order valence-electron chi connectivity index (χ4n) is 1.44. The third-order valence-electron chi connectivity index (χ3n) is 2.44. The molecule has 0 bridgehead atoms. The number of hydrogen-bond acceptors (Lipinski definition) is 6. The first-order valence-electron chi connectivity index (χ1n) is 5.61. The number of carboxylic acids is 1. The highest BCUT2D eigenvalue weighted by atomic mass is 32.2. The highest BCUT2D eigenvalue weighted by molar-refractivity contribution is 7.89. The van der Waals surface area contributed by atoms with Gasteiger partial charge >= 0.3 is 5.97 Å². The van der Waals surface area contributed by atoms with Gasteiger partial charge in [-0.25, -0.2) is 13.2 Å². The predicted molar refractivity (Wildman–Crippen MR) is 72.1 cm³/mol. The first-order chi connectivity index (χ1) is 9.43. The van der Waals surface area contributed by atoms with Crippen LogP contribution in [0.15, 0.2) is 16.3 Å². The Kier molecular flexibility index (Phi) is 6.09. The number of carboxylic acid groups (broad SMARTS) is 1. The highest BCUT2D eigenvalue weighted by Crippen LogP contribution is 2.22. The van der Waals surface area contributed by atoms with Crippen molar-refractivity contribution in [1.29, 1.82) is 5.26 Å². The molecule has 1 heterocycles. The van der Waals surface area contributed by atoms with Crippen molar-refractivity contribution in [2.24, 2.45) is 0 Å². The van der Waals surface area contributed by atoms with E-state index in [0.29, 0.717) is 0 Å². The average Bonchev–Trinajstić information content (AvgIpc) is 2.89. The number of nitrogens with zero attached hydrogens (tertiary/aromatic N) is 2. The number of methoxy groups -OCH3 is 1. The van der Waals surface area contributed by atoms with Crippen LogP contribution in [0.5, 0.6) is 0 Å². The summed E-state index contributed by atoms with van der Waals surface area (Å²) in [6, 6.07) is 3.00. The van der Waals surface area contributed by atoms with Crippen molar-refractivity contribution in [2.45, 2.75) is 11.3 Å². The first kappa shape index (κ1) is 16.6. The Balaban J connectivity index is 3.01. The van der Waals surface area contributed by atoms with Gasteiger partial charge in [-0.3, -0.25) is 0 Å². The van der Waals surface area contributed by atoms with E-state index in [4.69, 9.17) is 15.1 Å². The van der Waals surface area contributed by atoms with Gasteiger partial charge in [-0.05, 0) is 6.07 Å². The highest BCUT2D eigenvalue weighted by Gasteiger charge is 2.26. The van der Waals surface area contributed by atoms with Crippen molar-refractivity contribution < 1.29 is 23.1 Å². The zero-order chi connectivity index (χ0) is 15.2. The van der Waals surface area contributed by atoms with Gasteiger partial charge in [0, 0.05) is 32.0 Å². The molecule has 20 heavy (non-hydrogen) atoms. The van der Waals surface area contributed by atoms with Crippen LogP contribution in [0.25, 0.3) is 0 Å². The maximum Gasteiger partial charge on any atom is 0.345 e. The molecule has 0 aliphatic carbocycles. The molecule has 0 saturated heterocycles. The number of sulfonamides is 1. The van der Waals surface area contributed by atoms with Crippen LogP contribution in [0.2, 0.25) is 0 Å². The van der Waals surface area contributed by atoms with Crippen LogP contribution in [-0.2, 0) is 14.8 Å². The molecule has 0 aliphatic heterocycles. The Hall–Kier alpha value is -1.47. The summed E-state index contributed by atoms with van der Waals surface area (Å²) in [5.74, 6) is -1.17. The summed E-state index contributed by atoms with van der Waals surface area (Å²) in [7, 11) is -2.36. The van der Waals surface area contributed by atoms with Crippen LogP contribution < -0.4 is 0 Å². The Bertz CT molecular complexity index is 603. The summed E-state index contributed by atoms with van der Waals surface area (Å²) >= 11 is 0.848. The van der Waals surface area contributed by atoms with Gasteiger partial charge in [-0.1, -0.05) is 0 Å². The standard InChI is InChI=1S/C11H14N2O5S2/c1-18-6-5-13(4-2-3-12)20(16,17)9-7-10(11(14)15)19-8-9/h7-8H,2,4-6H2,1H3,(H,14,15). The number of hydrogen-bond donors (Lipinski definition) is 1. The van der Waals surface area contributed by atoms with Gasteiger partial charge in [-0.2, -0.15) is 9.57 Å². The summed E-state index contributed by atoms with van der Waals surface area (Å²) in [5.41, 5.74) is 0. The summed E-state index contributed by atoms with van der Waals surface area (Å²) < 4.78 is 30.7. The van der Waals surface area contributed by atoms with Crippen molar-refractivity contribution in [1.82, 2.24) is 4.31 Å². The molecule has 0 spiro atoms. The van der Waals surface area contributed by atoms with Gasteiger partial charge in [0.25, 0.3) is 0 Å². The van der Waals surface area contributed by atoms with Crippen LogP contribution in [-0.4, -0.2) is 50.6 Å². The number of ether oxygens (including phenoxy) is 1. The minimum absolute atomic E-state index is 0.0421. The fraction of sp³-hybridized carbons (Fsp3) is 0.455. The predicted octanol–water partition coefficient (Wildman–Crippen LogP) is 0.997. The Morgan fingerprint density at radius 3 is 2.75 bits per heavy atom. The summed E-state index contributed by atoms with van der Waals surface area (Å²) in [6.07, 6.45) is 0.0544. The van der Waals surface area contributed by atoms with Crippen LogP contribution in [0, 0.1) is 11.3 Å². The molecule has 0 aromatic carbocycles. The fourth-order valence-corrected chi connectivity index (χ4v) is 3.96.